The zero-order valence-corrected chi connectivity index (χ0v) is 15.4. The van der Waals surface area contributed by atoms with Crippen molar-refractivity contribution in [2.24, 2.45) is 5.73 Å². The molecule has 0 bridgehead atoms. The maximum atomic E-state index is 12.2. The molecule has 7 N–H and O–H groups in total. The first kappa shape index (κ1) is 20.6. The highest BCUT2D eigenvalue weighted by Crippen LogP contribution is 2.20. The summed E-state index contributed by atoms with van der Waals surface area (Å²) < 4.78 is 0. The quantitative estimate of drug-likeness (QED) is 0.405. The van der Waals surface area contributed by atoms with Gasteiger partial charge in [0.05, 0.1) is 21.7 Å². The Morgan fingerprint density at radius 3 is 2.37 bits per heavy atom. The van der Waals surface area contributed by atoms with Crippen molar-refractivity contribution < 1.29 is 19.5 Å². The predicted octanol–water partition coefficient (Wildman–Crippen LogP) is 1.33. The van der Waals surface area contributed by atoms with Crippen LogP contribution in [0, 0.1) is 0 Å². The number of benzene rings is 1. The van der Waals surface area contributed by atoms with Crippen LogP contribution in [-0.2, 0) is 0 Å². The molecular formula is C16H17Cl2N5O4. The van der Waals surface area contributed by atoms with Crippen molar-refractivity contribution in [2.75, 3.05) is 18.4 Å². The number of urea groups is 1. The van der Waals surface area contributed by atoms with E-state index in [4.69, 9.17) is 28.9 Å². The molecule has 2 rings (SSSR count). The van der Waals surface area contributed by atoms with Gasteiger partial charge in [0.2, 0.25) is 0 Å². The highest BCUT2D eigenvalue weighted by Gasteiger charge is 2.15. The number of hydrogen-bond acceptors (Lipinski definition) is 4. The van der Waals surface area contributed by atoms with E-state index < -0.39 is 23.9 Å². The van der Waals surface area contributed by atoms with Crippen molar-refractivity contribution in [1.82, 2.24) is 15.6 Å². The molecule has 4 amide bonds. The number of amides is 4. The minimum Gasteiger partial charge on any atom is -0.389 e. The van der Waals surface area contributed by atoms with Gasteiger partial charge in [-0.3, -0.25) is 9.59 Å². The number of nitrogens with two attached hydrogens (primary N) is 1. The summed E-state index contributed by atoms with van der Waals surface area (Å²) in [6.45, 7) is -0.221. The van der Waals surface area contributed by atoms with Gasteiger partial charge in [0, 0.05) is 25.0 Å². The summed E-state index contributed by atoms with van der Waals surface area (Å²) in [4.78, 5) is 37.6. The molecule has 1 aromatic carbocycles. The van der Waals surface area contributed by atoms with Gasteiger partial charge in [-0.1, -0.05) is 23.2 Å². The Morgan fingerprint density at radius 1 is 1.11 bits per heavy atom. The largest absolute Gasteiger partial charge is 0.389 e. The van der Waals surface area contributed by atoms with Crippen molar-refractivity contribution >= 4 is 46.7 Å². The standard InChI is InChI=1S/C16H17Cl2N5O4/c17-8-3-13(20-5-8)15(26)22-7-10(24)6-21-14(25)11-4-9(23-16(19)27)1-2-12(11)18/h1-5,10,20,24H,6-7H2,(H,21,25)(H,22,26)(H3,19,23,27). The first-order valence-corrected chi connectivity index (χ1v) is 8.46. The summed E-state index contributed by atoms with van der Waals surface area (Å²) in [5.74, 6) is -1.00. The van der Waals surface area contributed by atoms with Gasteiger partial charge in [0.1, 0.15) is 5.69 Å². The molecule has 0 aliphatic heterocycles. The number of hydrogen-bond donors (Lipinski definition) is 6. The van der Waals surface area contributed by atoms with Crippen LogP contribution in [0.25, 0.3) is 0 Å². The number of halogens is 2. The zero-order valence-electron chi connectivity index (χ0n) is 13.9. The van der Waals surface area contributed by atoms with Crippen molar-refractivity contribution in [3.63, 3.8) is 0 Å². The van der Waals surface area contributed by atoms with Gasteiger partial charge in [0.25, 0.3) is 11.8 Å². The number of nitrogens with one attached hydrogen (secondary N) is 4. The lowest BCUT2D eigenvalue weighted by atomic mass is 10.2. The number of carbonyl (C=O) groups is 3. The summed E-state index contributed by atoms with van der Waals surface area (Å²) in [6, 6.07) is 4.94. The Kier molecular flexibility index (Phi) is 7.05. The highest BCUT2D eigenvalue weighted by atomic mass is 35.5. The highest BCUT2D eigenvalue weighted by molar-refractivity contribution is 6.34. The van der Waals surface area contributed by atoms with Crippen LogP contribution >= 0.6 is 23.2 Å². The Bertz CT molecular complexity index is 855. The molecule has 9 nitrogen and oxygen atoms in total. The molecule has 1 aromatic heterocycles. The molecule has 0 radical (unpaired) electrons. The van der Waals surface area contributed by atoms with E-state index in [1.54, 1.807) is 0 Å². The van der Waals surface area contributed by atoms with Gasteiger partial charge in [-0.05, 0) is 24.3 Å². The van der Waals surface area contributed by atoms with Crippen LogP contribution in [0.1, 0.15) is 20.8 Å². The van der Waals surface area contributed by atoms with Crippen LogP contribution in [0.3, 0.4) is 0 Å². The average molecular weight is 414 g/mol. The molecule has 0 saturated heterocycles. The van der Waals surface area contributed by atoms with Gasteiger partial charge in [-0.25, -0.2) is 4.79 Å². The van der Waals surface area contributed by atoms with Crippen molar-refractivity contribution in [3.05, 3.63) is 51.8 Å². The van der Waals surface area contributed by atoms with E-state index in [0.29, 0.717) is 10.7 Å². The second-order valence-corrected chi connectivity index (χ2v) is 6.33. The van der Waals surface area contributed by atoms with Crippen LogP contribution in [0.2, 0.25) is 10.0 Å². The van der Waals surface area contributed by atoms with Gasteiger partial charge in [-0.2, -0.15) is 0 Å². The monoisotopic (exact) mass is 413 g/mol. The van der Waals surface area contributed by atoms with E-state index in [-0.39, 0.29) is 29.4 Å². The van der Waals surface area contributed by atoms with E-state index in [9.17, 15) is 19.5 Å². The molecular weight excluding hydrogens is 397 g/mol. The number of anilines is 1. The molecule has 2 aromatic rings. The SMILES string of the molecule is NC(=O)Nc1ccc(Cl)c(C(=O)NCC(O)CNC(=O)c2cc(Cl)c[nH]2)c1. The van der Waals surface area contributed by atoms with Crippen LogP contribution < -0.4 is 21.7 Å². The Labute approximate surface area is 164 Å². The lowest BCUT2D eigenvalue weighted by Gasteiger charge is -2.13. The Morgan fingerprint density at radius 2 is 1.78 bits per heavy atom. The van der Waals surface area contributed by atoms with Gasteiger partial charge >= 0.3 is 6.03 Å². The normalized spacial score (nSPS) is 11.5. The van der Waals surface area contributed by atoms with Crippen molar-refractivity contribution in [3.8, 4) is 0 Å². The van der Waals surface area contributed by atoms with Crippen LogP contribution in [0.4, 0.5) is 10.5 Å². The maximum Gasteiger partial charge on any atom is 0.316 e. The molecule has 0 fully saturated rings. The minimum atomic E-state index is -1.03. The van der Waals surface area contributed by atoms with E-state index in [1.807, 2.05) is 0 Å². The van der Waals surface area contributed by atoms with Crippen molar-refractivity contribution in [2.45, 2.75) is 6.10 Å². The Balaban J connectivity index is 1.85. The first-order chi connectivity index (χ1) is 12.8. The molecule has 0 saturated carbocycles. The molecule has 1 heterocycles. The van der Waals surface area contributed by atoms with Gasteiger partial charge in [0.15, 0.2) is 0 Å². The van der Waals surface area contributed by atoms with Gasteiger partial charge < -0.3 is 31.8 Å². The number of aliphatic hydroxyl groups is 1. The van der Waals surface area contributed by atoms with E-state index >= 15 is 0 Å². The summed E-state index contributed by atoms with van der Waals surface area (Å²) in [5, 5.41) is 17.8. The topological polar surface area (TPSA) is 149 Å². The average Bonchev–Trinajstić information content (AvgIpc) is 3.05. The second kappa shape index (κ2) is 9.26. The van der Waals surface area contributed by atoms with Gasteiger partial charge in [-0.15, -0.1) is 0 Å². The number of carbonyl (C=O) groups excluding carboxylic acids is 3. The number of rotatable bonds is 7. The third-order valence-electron chi connectivity index (χ3n) is 3.37. The summed E-state index contributed by atoms with van der Waals surface area (Å²) in [6.07, 6.45) is 0.423. The third kappa shape index (κ3) is 6.17. The number of H-pyrrole nitrogens is 1. The molecule has 11 heteroatoms. The van der Waals surface area contributed by atoms with Crippen LogP contribution in [0.5, 0.6) is 0 Å². The number of primary amides is 1. The predicted molar refractivity (Wildman–Crippen MR) is 101 cm³/mol. The minimum absolute atomic E-state index is 0.0905. The summed E-state index contributed by atoms with van der Waals surface area (Å²) >= 11 is 11.7. The Hall–Kier alpha value is -2.75. The van der Waals surface area contributed by atoms with E-state index in [2.05, 4.69) is 20.9 Å². The lowest BCUT2D eigenvalue weighted by Crippen LogP contribution is -2.40. The van der Waals surface area contributed by atoms with Crippen LogP contribution in [-0.4, -0.2) is 47.1 Å². The second-order valence-electron chi connectivity index (χ2n) is 5.49. The van der Waals surface area contributed by atoms with E-state index in [1.165, 1.54) is 30.5 Å². The molecule has 0 spiro atoms. The number of aliphatic hydroxyl groups excluding tert-OH is 1. The first-order valence-electron chi connectivity index (χ1n) is 7.70. The molecule has 144 valence electrons. The fraction of sp³-hybridized carbons (Fsp3) is 0.188. The summed E-state index contributed by atoms with van der Waals surface area (Å²) in [5.41, 5.74) is 5.68. The fourth-order valence-corrected chi connectivity index (χ4v) is 2.47. The summed E-state index contributed by atoms with van der Waals surface area (Å²) in [7, 11) is 0. The smallest absolute Gasteiger partial charge is 0.316 e. The third-order valence-corrected chi connectivity index (χ3v) is 3.92. The molecule has 0 aliphatic rings. The van der Waals surface area contributed by atoms with Crippen molar-refractivity contribution in [1.29, 1.82) is 0 Å². The zero-order chi connectivity index (χ0) is 20.0. The van der Waals surface area contributed by atoms with Crippen LogP contribution in [0.15, 0.2) is 30.5 Å². The molecule has 1 atom stereocenters. The number of aromatic nitrogens is 1. The molecule has 27 heavy (non-hydrogen) atoms. The molecule has 0 aliphatic carbocycles. The molecule has 1 unspecified atom stereocenters. The fourth-order valence-electron chi connectivity index (χ4n) is 2.10. The maximum absolute atomic E-state index is 12.2. The lowest BCUT2D eigenvalue weighted by molar-refractivity contribution is 0.0882. The number of aromatic amines is 1. The van der Waals surface area contributed by atoms with E-state index in [0.717, 1.165) is 0 Å².